The van der Waals surface area contributed by atoms with E-state index in [-0.39, 0.29) is 36.0 Å². The predicted octanol–water partition coefficient (Wildman–Crippen LogP) is 2.91. The molecule has 2 aliphatic rings. The molecule has 8 nitrogen and oxygen atoms in total. The van der Waals surface area contributed by atoms with Gasteiger partial charge in [-0.05, 0) is 55.4 Å². The van der Waals surface area contributed by atoms with Gasteiger partial charge in [0.2, 0.25) is 5.95 Å². The molecule has 1 aliphatic heterocycles. The lowest BCUT2D eigenvalue weighted by molar-refractivity contribution is -0.143. The van der Waals surface area contributed by atoms with Crippen molar-refractivity contribution < 1.29 is 18.7 Å². The van der Waals surface area contributed by atoms with Crippen molar-refractivity contribution in [1.82, 2.24) is 9.97 Å². The molecule has 0 bridgehead atoms. The quantitative estimate of drug-likeness (QED) is 0.613. The summed E-state index contributed by atoms with van der Waals surface area (Å²) in [5.74, 6) is 0.265. The minimum atomic E-state index is -0.473. The number of ketones is 1. The number of carbonyl (C=O) groups is 2. The van der Waals surface area contributed by atoms with E-state index >= 15 is 0 Å². The Bertz CT molecular complexity index is 1020. The van der Waals surface area contributed by atoms with Gasteiger partial charge in [0.25, 0.3) is 0 Å². The Balaban J connectivity index is 1.39. The zero-order valence-electron chi connectivity index (χ0n) is 18.8. The van der Waals surface area contributed by atoms with E-state index < -0.39 is 5.82 Å². The number of piperidine rings is 1. The number of halogens is 1. The smallest absolute Gasteiger partial charge is 0.307 e. The predicted molar refractivity (Wildman–Crippen MR) is 123 cm³/mol. The van der Waals surface area contributed by atoms with Gasteiger partial charge in [0.15, 0.2) is 11.6 Å². The van der Waals surface area contributed by atoms with Crippen molar-refractivity contribution >= 4 is 29.2 Å². The average Bonchev–Trinajstić information content (AvgIpc) is 2.80. The van der Waals surface area contributed by atoms with Crippen LogP contribution in [0, 0.1) is 11.7 Å². The molecule has 0 saturated carbocycles. The first kappa shape index (κ1) is 23.1. The van der Waals surface area contributed by atoms with Crippen molar-refractivity contribution in [3.63, 3.8) is 0 Å². The maximum Gasteiger partial charge on any atom is 0.307 e. The number of hydrogen-bond acceptors (Lipinski definition) is 8. The van der Waals surface area contributed by atoms with Crippen molar-refractivity contribution in [3.05, 3.63) is 41.3 Å². The summed E-state index contributed by atoms with van der Waals surface area (Å²) >= 11 is 0. The van der Waals surface area contributed by atoms with Gasteiger partial charge in [0.05, 0.1) is 19.2 Å². The van der Waals surface area contributed by atoms with E-state index in [1.165, 1.54) is 6.20 Å². The third-order valence-electron chi connectivity index (χ3n) is 6.40. The highest BCUT2D eigenvalue weighted by atomic mass is 19.1. The first-order valence-corrected chi connectivity index (χ1v) is 11.5. The van der Waals surface area contributed by atoms with E-state index in [1.807, 2.05) is 23.1 Å². The second-order valence-corrected chi connectivity index (χ2v) is 8.69. The van der Waals surface area contributed by atoms with Crippen LogP contribution in [0.2, 0.25) is 0 Å². The van der Waals surface area contributed by atoms with Crippen LogP contribution in [0.3, 0.4) is 0 Å². The molecule has 4 rings (SSSR count). The van der Waals surface area contributed by atoms with Crippen LogP contribution in [-0.2, 0) is 27.2 Å². The van der Waals surface area contributed by atoms with Gasteiger partial charge in [-0.25, -0.2) is 9.37 Å². The molecule has 0 radical (unpaired) electrons. The first-order chi connectivity index (χ1) is 15.9. The van der Waals surface area contributed by atoms with Crippen LogP contribution < -0.4 is 16.0 Å². The summed E-state index contributed by atoms with van der Waals surface area (Å²) in [7, 11) is 0. The second kappa shape index (κ2) is 10.2. The van der Waals surface area contributed by atoms with Gasteiger partial charge in [0, 0.05) is 37.7 Å². The molecule has 0 amide bonds. The molecule has 1 aliphatic carbocycles. The van der Waals surface area contributed by atoms with Crippen LogP contribution in [0.5, 0.6) is 0 Å². The highest BCUT2D eigenvalue weighted by molar-refractivity contribution is 5.83. The molecule has 1 aromatic carbocycles. The monoisotopic (exact) mass is 455 g/mol. The Kier molecular flexibility index (Phi) is 7.17. The summed E-state index contributed by atoms with van der Waals surface area (Å²) in [4.78, 5) is 33.8. The molecule has 9 heteroatoms. The third kappa shape index (κ3) is 5.65. The summed E-state index contributed by atoms with van der Waals surface area (Å²) in [5, 5.41) is 3.16. The number of nitrogens with zero attached hydrogens (tertiary/aromatic N) is 3. The number of esters is 1. The minimum absolute atomic E-state index is 0.176. The number of carbonyl (C=O) groups excluding carboxylic acids is 2. The summed E-state index contributed by atoms with van der Waals surface area (Å²) in [6.45, 7) is 3.32. The van der Waals surface area contributed by atoms with Gasteiger partial charge < -0.3 is 20.7 Å². The third-order valence-corrected chi connectivity index (χ3v) is 6.40. The van der Waals surface area contributed by atoms with Crippen LogP contribution in [0.25, 0.3) is 0 Å². The van der Waals surface area contributed by atoms with Gasteiger partial charge >= 0.3 is 5.97 Å². The fraction of sp³-hybridized carbons (Fsp3) is 0.500. The average molecular weight is 456 g/mol. The number of rotatable bonds is 7. The molecule has 176 valence electrons. The molecule has 1 fully saturated rings. The van der Waals surface area contributed by atoms with Crippen LogP contribution >= 0.6 is 0 Å². The number of ether oxygens (including phenoxy) is 1. The van der Waals surface area contributed by atoms with Crippen molar-refractivity contribution in [2.45, 2.75) is 51.5 Å². The molecule has 2 heterocycles. The standard InChI is InChI=1S/C24H30FN5O3/c1-2-33-22(32)13-21(26)15-7-9-30(10-8-15)23-20(25)14-27-24(29-23)28-18-5-3-17-12-19(31)6-4-16(17)11-18/h3,5,11,14-15,21H,2,4,6-10,12-13,26H2,1H3,(H,27,28,29). The summed E-state index contributed by atoms with van der Waals surface area (Å²) < 4.78 is 19.5. The Labute approximate surface area is 192 Å². The highest BCUT2D eigenvalue weighted by Gasteiger charge is 2.28. The molecule has 1 unspecified atom stereocenters. The van der Waals surface area contributed by atoms with Crippen molar-refractivity contribution in [2.75, 3.05) is 29.9 Å². The molecule has 1 aromatic heterocycles. The number of anilines is 3. The summed E-state index contributed by atoms with van der Waals surface area (Å²) in [6, 6.07) is 5.58. The lowest BCUT2D eigenvalue weighted by Crippen LogP contribution is -2.42. The number of fused-ring (bicyclic) bond motifs is 1. The zero-order chi connectivity index (χ0) is 23.4. The van der Waals surface area contributed by atoms with Crippen LogP contribution in [0.15, 0.2) is 24.4 Å². The molecule has 3 N–H and O–H groups in total. The van der Waals surface area contributed by atoms with Crippen LogP contribution in [0.1, 0.15) is 43.7 Å². The molecular weight excluding hydrogens is 425 g/mol. The number of hydrogen-bond donors (Lipinski definition) is 2. The van der Waals surface area contributed by atoms with Gasteiger partial charge in [-0.3, -0.25) is 9.59 Å². The Morgan fingerprint density at radius 1 is 1.30 bits per heavy atom. The van der Waals surface area contributed by atoms with Gasteiger partial charge in [-0.2, -0.15) is 4.98 Å². The molecule has 1 atom stereocenters. The fourth-order valence-electron chi connectivity index (χ4n) is 4.57. The Hall–Kier alpha value is -3.07. The second-order valence-electron chi connectivity index (χ2n) is 8.69. The lowest BCUT2D eigenvalue weighted by atomic mass is 9.88. The molecule has 33 heavy (non-hydrogen) atoms. The number of nitrogens with one attached hydrogen (secondary N) is 1. The Morgan fingerprint density at radius 2 is 2.09 bits per heavy atom. The number of aromatic nitrogens is 2. The highest BCUT2D eigenvalue weighted by Crippen LogP contribution is 2.28. The zero-order valence-corrected chi connectivity index (χ0v) is 18.8. The molecule has 0 spiro atoms. The maximum absolute atomic E-state index is 14.6. The van der Waals surface area contributed by atoms with Crippen LogP contribution in [0.4, 0.5) is 21.8 Å². The maximum atomic E-state index is 14.6. The van der Waals surface area contributed by atoms with Gasteiger partial charge in [-0.1, -0.05) is 6.07 Å². The molecule has 2 aromatic rings. The van der Waals surface area contributed by atoms with E-state index in [4.69, 9.17) is 10.5 Å². The SMILES string of the molecule is CCOC(=O)CC(N)C1CCN(c2nc(Nc3ccc4c(c3)CCC(=O)C4)ncc2F)CC1. The van der Waals surface area contributed by atoms with E-state index in [2.05, 4.69) is 15.3 Å². The molecule has 1 saturated heterocycles. The van der Waals surface area contributed by atoms with Gasteiger partial charge in [0.1, 0.15) is 5.78 Å². The largest absolute Gasteiger partial charge is 0.466 e. The normalized spacial score (nSPS) is 17.4. The number of nitrogens with two attached hydrogens (primary N) is 1. The number of aryl methyl sites for hydroxylation is 1. The van der Waals surface area contributed by atoms with Gasteiger partial charge in [-0.15, -0.1) is 0 Å². The van der Waals surface area contributed by atoms with Crippen LogP contribution in [-0.4, -0.2) is 47.5 Å². The fourth-order valence-corrected chi connectivity index (χ4v) is 4.57. The number of Topliss-reactive ketones (excluding diaryl/α,β-unsaturated/α-hetero) is 1. The number of benzene rings is 1. The lowest BCUT2D eigenvalue weighted by Gasteiger charge is -2.35. The van der Waals surface area contributed by atoms with E-state index in [9.17, 15) is 14.0 Å². The molecular formula is C24H30FN5O3. The van der Waals surface area contributed by atoms with Crippen molar-refractivity contribution in [2.24, 2.45) is 11.7 Å². The minimum Gasteiger partial charge on any atom is -0.466 e. The van der Waals surface area contributed by atoms with Crippen molar-refractivity contribution in [3.8, 4) is 0 Å². The topological polar surface area (TPSA) is 110 Å². The summed E-state index contributed by atoms with van der Waals surface area (Å²) in [5.41, 5.74) is 9.22. The summed E-state index contributed by atoms with van der Waals surface area (Å²) in [6.07, 6.45) is 4.64. The van der Waals surface area contributed by atoms with Crippen molar-refractivity contribution in [1.29, 1.82) is 0 Å². The van der Waals surface area contributed by atoms with E-state index in [0.717, 1.165) is 36.1 Å². The van der Waals surface area contributed by atoms with E-state index in [1.54, 1.807) is 6.92 Å². The Morgan fingerprint density at radius 3 is 2.85 bits per heavy atom. The van der Waals surface area contributed by atoms with E-state index in [0.29, 0.717) is 38.5 Å². The first-order valence-electron chi connectivity index (χ1n) is 11.5.